The summed E-state index contributed by atoms with van der Waals surface area (Å²) in [6.45, 7) is 17.6. The molecule has 1 heteroatoms. The Morgan fingerprint density at radius 1 is 1.06 bits per heavy atom. The zero-order chi connectivity index (χ0) is 13.9. The molecule has 0 aromatic rings. The Morgan fingerprint density at radius 3 is 2.11 bits per heavy atom. The third kappa shape index (κ3) is 4.48. The summed E-state index contributed by atoms with van der Waals surface area (Å²) >= 11 is 0. The van der Waals surface area contributed by atoms with Crippen LogP contribution in [0.1, 0.15) is 54.9 Å². The summed E-state index contributed by atoms with van der Waals surface area (Å²) in [5.41, 5.74) is 1.64. The van der Waals surface area contributed by atoms with Gasteiger partial charge in [0.25, 0.3) is 0 Å². The van der Waals surface area contributed by atoms with Crippen molar-refractivity contribution in [1.82, 2.24) is 0 Å². The van der Waals surface area contributed by atoms with Crippen LogP contribution >= 0.6 is 0 Å². The van der Waals surface area contributed by atoms with Gasteiger partial charge in [-0.1, -0.05) is 72.3 Å². The maximum atomic E-state index is 2.58. The monoisotopic (exact) mass is 248 g/mol. The molecule has 104 valence electrons. The number of hydrogen-bond donors (Lipinski definition) is 0. The smallest absolute Gasteiger partial charge is 0.0904 e. The lowest BCUT2D eigenvalue weighted by Gasteiger charge is -2.26. The van der Waals surface area contributed by atoms with Gasteiger partial charge in [-0.3, -0.25) is 0 Å². The van der Waals surface area contributed by atoms with E-state index >= 15 is 0 Å². The summed E-state index contributed by atoms with van der Waals surface area (Å²) in [5, 5.41) is 0. The van der Waals surface area contributed by atoms with Crippen molar-refractivity contribution in [1.29, 1.82) is 0 Å². The normalized spacial score (nSPS) is 23.7. The highest BCUT2D eigenvalue weighted by Gasteiger charge is 2.32. The average molecular weight is 248 g/mol. The third-order valence-electron chi connectivity index (χ3n) is 5.28. The van der Waals surface area contributed by atoms with Crippen LogP contribution in [0.25, 0.3) is 0 Å². The molecule has 0 aliphatic carbocycles. The molecule has 18 heavy (non-hydrogen) atoms. The molecule has 0 fully saturated rings. The number of hydrogen-bond acceptors (Lipinski definition) is 0. The molecule has 3 unspecified atom stereocenters. The number of rotatable bonds is 6. The van der Waals surface area contributed by atoms with E-state index in [1.165, 1.54) is 19.1 Å². The van der Waals surface area contributed by atoms with Gasteiger partial charge in [-0.15, -0.1) is 0 Å². The molecular weight excluding hydrogens is 215 g/mol. The standard InChI is InChI=1S/C17H33B/c1-12(2)15(6)9-17-8-14(5)10-18(17)11-16(7)13(3)4/h8,12-13,15-17H,9-11H2,1-7H3. The van der Waals surface area contributed by atoms with E-state index in [0.717, 1.165) is 36.2 Å². The molecule has 1 aliphatic heterocycles. The van der Waals surface area contributed by atoms with E-state index in [-0.39, 0.29) is 0 Å². The van der Waals surface area contributed by atoms with Gasteiger partial charge in [-0.25, -0.2) is 0 Å². The minimum absolute atomic E-state index is 0.822. The van der Waals surface area contributed by atoms with Crippen LogP contribution in [0.2, 0.25) is 18.5 Å². The molecule has 0 aromatic carbocycles. The third-order valence-corrected chi connectivity index (χ3v) is 5.28. The fourth-order valence-corrected chi connectivity index (χ4v) is 3.10. The highest BCUT2D eigenvalue weighted by Crippen LogP contribution is 2.39. The predicted molar refractivity (Wildman–Crippen MR) is 85.5 cm³/mol. The Labute approximate surface area is 116 Å². The lowest BCUT2D eigenvalue weighted by Crippen LogP contribution is -2.23. The van der Waals surface area contributed by atoms with Gasteiger partial charge in [-0.2, -0.15) is 0 Å². The summed E-state index contributed by atoms with van der Waals surface area (Å²) in [7, 11) is 0. The molecule has 0 amide bonds. The van der Waals surface area contributed by atoms with Crippen molar-refractivity contribution in [3.05, 3.63) is 11.6 Å². The Kier molecular flexibility index (Phi) is 6.01. The highest BCUT2D eigenvalue weighted by molar-refractivity contribution is 6.62. The number of allylic oxidation sites excluding steroid dienone is 2. The Morgan fingerprint density at radius 2 is 1.61 bits per heavy atom. The molecule has 0 saturated carbocycles. The van der Waals surface area contributed by atoms with Crippen LogP contribution in [0, 0.1) is 23.7 Å². The van der Waals surface area contributed by atoms with Gasteiger partial charge in [0.2, 0.25) is 0 Å². The minimum Gasteiger partial charge on any atom is -0.0904 e. The molecule has 0 radical (unpaired) electrons. The van der Waals surface area contributed by atoms with E-state index < -0.39 is 0 Å². The second kappa shape index (κ2) is 6.82. The van der Waals surface area contributed by atoms with Gasteiger partial charge in [0.05, 0.1) is 0 Å². The first-order valence-corrected chi connectivity index (χ1v) is 7.98. The van der Waals surface area contributed by atoms with Crippen LogP contribution in [0.5, 0.6) is 0 Å². The molecule has 0 nitrogen and oxygen atoms in total. The molecule has 0 saturated heterocycles. The predicted octanol–water partition coefficient (Wildman–Crippen LogP) is 5.79. The lowest BCUT2D eigenvalue weighted by atomic mass is 9.36. The SMILES string of the molecule is CC1=CC(CC(C)C(C)C)B(CC(C)C(C)C)C1. The van der Waals surface area contributed by atoms with Crippen molar-refractivity contribution < 1.29 is 0 Å². The fourth-order valence-electron chi connectivity index (χ4n) is 3.10. The lowest BCUT2D eigenvalue weighted by molar-refractivity contribution is 0.392. The average Bonchev–Trinajstić information content (AvgIpc) is 2.58. The zero-order valence-electron chi connectivity index (χ0n) is 13.7. The minimum atomic E-state index is 0.822. The van der Waals surface area contributed by atoms with Crippen LogP contribution in [-0.4, -0.2) is 6.71 Å². The van der Waals surface area contributed by atoms with Crippen molar-refractivity contribution >= 4 is 6.71 Å². The van der Waals surface area contributed by atoms with Crippen LogP contribution in [0.4, 0.5) is 0 Å². The van der Waals surface area contributed by atoms with Gasteiger partial charge >= 0.3 is 0 Å². The topological polar surface area (TPSA) is 0 Å². The van der Waals surface area contributed by atoms with Crippen molar-refractivity contribution in [2.75, 3.05) is 0 Å². The van der Waals surface area contributed by atoms with Crippen molar-refractivity contribution in [2.24, 2.45) is 23.7 Å². The first-order valence-electron chi connectivity index (χ1n) is 7.98. The molecule has 0 bridgehead atoms. The van der Waals surface area contributed by atoms with E-state index in [9.17, 15) is 0 Å². The molecule has 1 rings (SSSR count). The molecule has 0 spiro atoms. The highest BCUT2D eigenvalue weighted by atomic mass is 14.2. The van der Waals surface area contributed by atoms with E-state index in [2.05, 4.69) is 54.5 Å². The van der Waals surface area contributed by atoms with Gasteiger partial charge in [0.15, 0.2) is 6.71 Å². The summed E-state index contributed by atoms with van der Waals surface area (Å²) in [4.78, 5) is 0. The van der Waals surface area contributed by atoms with E-state index in [4.69, 9.17) is 0 Å². The summed E-state index contributed by atoms with van der Waals surface area (Å²) in [6.07, 6.45) is 6.74. The zero-order valence-corrected chi connectivity index (χ0v) is 13.7. The molecule has 1 aliphatic rings. The maximum Gasteiger partial charge on any atom is 0.151 e. The second-order valence-electron chi connectivity index (χ2n) is 7.56. The van der Waals surface area contributed by atoms with Gasteiger partial charge < -0.3 is 0 Å². The van der Waals surface area contributed by atoms with Gasteiger partial charge in [0.1, 0.15) is 0 Å². The molecule has 0 aromatic heterocycles. The van der Waals surface area contributed by atoms with Crippen LogP contribution in [-0.2, 0) is 0 Å². The summed E-state index contributed by atoms with van der Waals surface area (Å²) < 4.78 is 0. The molecular formula is C17H33B. The summed E-state index contributed by atoms with van der Waals surface area (Å²) in [6, 6.07) is 0. The largest absolute Gasteiger partial charge is 0.151 e. The molecule has 3 atom stereocenters. The first-order chi connectivity index (χ1) is 8.31. The Bertz CT molecular complexity index is 277. The second-order valence-corrected chi connectivity index (χ2v) is 7.56. The van der Waals surface area contributed by atoms with Crippen molar-refractivity contribution in [3.63, 3.8) is 0 Å². The van der Waals surface area contributed by atoms with E-state index in [0.29, 0.717) is 0 Å². The summed E-state index contributed by atoms with van der Waals surface area (Å²) in [5.74, 6) is 4.22. The van der Waals surface area contributed by atoms with Crippen LogP contribution in [0.15, 0.2) is 11.6 Å². The van der Waals surface area contributed by atoms with Gasteiger partial charge in [0, 0.05) is 0 Å². The van der Waals surface area contributed by atoms with Crippen molar-refractivity contribution in [2.45, 2.75) is 73.3 Å². The van der Waals surface area contributed by atoms with Crippen LogP contribution < -0.4 is 0 Å². The van der Waals surface area contributed by atoms with E-state index in [1.54, 1.807) is 5.57 Å². The van der Waals surface area contributed by atoms with E-state index in [1.807, 2.05) is 0 Å². The molecule has 1 heterocycles. The van der Waals surface area contributed by atoms with Gasteiger partial charge in [-0.05, 0) is 36.4 Å². The fraction of sp³-hybridized carbons (Fsp3) is 0.882. The Hall–Kier alpha value is -0.195. The molecule has 0 N–H and O–H groups in total. The quantitative estimate of drug-likeness (QED) is 0.412. The van der Waals surface area contributed by atoms with Crippen LogP contribution in [0.3, 0.4) is 0 Å². The van der Waals surface area contributed by atoms with Crippen molar-refractivity contribution in [3.8, 4) is 0 Å². The maximum absolute atomic E-state index is 2.58. The Balaban J connectivity index is 2.57. The first kappa shape index (κ1) is 15.9.